The second-order valence-corrected chi connectivity index (χ2v) is 15.8. The van der Waals surface area contributed by atoms with E-state index in [0.717, 1.165) is 29.1 Å². The Kier molecular flexibility index (Phi) is 12.8. The number of hydrogen-bond donors (Lipinski definition) is 5. The maximum absolute atomic E-state index is 13.9. The van der Waals surface area contributed by atoms with Gasteiger partial charge in [0.25, 0.3) is 5.91 Å². The Morgan fingerprint density at radius 1 is 0.778 bits per heavy atom. The van der Waals surface area contributed by atoms with Gasteiger partial charge in [-0.2, -0.15) is 0 Å². The first-order valence-electron chi connectivity index (χ1n) is 20.3. The fraction of sp³-hybridized carbons (Fsp3) is 0.239. The Morgan fingerprint density at radius 2 is 1.43 bits per heavy atom. The van der Waals surface area contributed by atoms with Crippen LogP contribution in [0.25, 0.3) is 44.5 Å². The molecule has 7 aromatic rings. The van der Waals surface area contributed by atoms with E-state index in [2.05, 4.69) is 35.9 Å². The highest BCUT2D eigenvalue weighted by Gasteiger charge is 2.37. The highest BCUT2D eigenvalue weighted by Crippen LogP contribution is 2.36. The summed E-state index contributed by atoms with van der Waals surface area (Å²) >= 11 is 1.59. The highest BCUT2D eigenvalue weighted by molar-refractivity contribution is 7.99. The maximum Gasteiger partial charge on any atom is 0.407 e. The van der Waals surface area contributed by atoms with Crippen LogP contribution < -0.4 is 21.4 Å². The van der Waals surface area contributed by atoms with Gasteiger partial charge >= 0.3 is 12.2 Å². The molecule has 63 heavy (non-hydrogen) atoms. The summed E-state index contributed by atoms with van der Waals surface area (Å²) in [5.41, 5.74) is 4.92. The molecule has 1 aliphatic heterocycles. The van der Waals surface area contributed by atoms with Crippen LogP contribution in [0.3, 0.4) is 0 Å². The number of aromatic amines is 2. The van der Waals surface area contributed by atoms with Gasteiger partial charge in [-0.3, -0.25) is 14.4 Å². The molecule has 0 radical (unpaired) electrons. The second kappa shape index (κ2) is 19.1. The zero-order chi connectivity index (χ0) is 43.9. The van der Waals surface area contributed by atoms with E-state index in [1.165, 1.54) is 14.2 Å². The molecule has 0 bridgehead atoms. The fourth-order valence-corrected chi connectivity index (χ4v) is 8.66. The molecule has 17 heteroatoms. The summed E-state index contributed by atoms with van der Waals surface area (Å²) in [5.74, 6) is 1.76. The SMILES string of the molecule is COC(=O)NC(C(=O)NCCCCc1ncc(-c2ccc3c(=O)c4cc(-c5cnc(C6CSCN6C(=O)C(NC(=O)OC)c6ccccc6)[nH]5)ccc4oc3c2)[nH]1)c1ccccc1. The molecule has 1 aliphatic rings. The molecule has 0 saturated carbocycles. The first-order chi connectivity index (χ1) is 30.7. The topological polar surface area (TPSA) is 214 Å². The van der Waals surface area contributed by atoms with E-state index in [4.69, 9.17) is 13.9 Å². The van der Waals surface area contributed by atoms with E-state index in [9.17, 15) is 24.0 Å². The molecule has 1 saturated heterocycles. The van der Waals surface area contributed by atoms with Gasteiger partial charge in [0, 0.05) is 29.8 Å². The number of unbranched alkanes of at least 4 members (excludes halogenated alkanes) is 1. The van der Waals surface area contributed by atoms with E-state index in [1.807, 2.05) is 30.3 Å². The van der Waals surface area contributed by atoms with Crippen LogP contribution in [0.15, 0.2) is 119 Å². The number of H-pyrrole nitrogens is 2. The van der Waals surface area contributed by atoms with Crippen LogP contribution in [-0.2, 0) is 25.5 Å². The van der Waals surface area contributed by atoms with Crippen molar-refractivity contribution in [1.29, 1.82) is 0 Å². The van der Waals surface area contributed by atoms with E-state index < -0.39 is 24.3 Å². The van der Waals surface area contributed by atoms with Crippen LogP contribution in [0.2, 0.25) is 0 Å². The van der Waals surface area contributed by atoms with E-state index in [-0.39, 0.29) is 23.3 Å². The Morgan fingerprint density at radius 3 is 2.16 bits per heavy atom. The molecule has 4 heterocycles. The molecule has 322 valence electrons. The number of carbonyl (C=O) groups is 4. The smallest absolute Gasteiger partial charge is 0.407 e. The number of alkyl carbamates (subject to hydrolysis) is 2. The van der Waals surface area contributed by atoms with Crippen LogP contribution in [0, 0.1) is 0 Å². The summed E-state index contributed by atoms with van der Waals surface area (Å²) in [4.78, 5) is 82.5. The quantitative estimate of drug-likeness (QED) is 0.0558. The first-order valence-corrected chi connectivity index (χ1v) is 21.4. The Balaban J connectivity index is 0.914. The second-order valence-electron chi connectivity index (χ2n) is 14.8. The molecule has 4 aromatic carbocycles. The summed E-state index contributed by atoms with van der Waals surface area (Å²) in [6.45, 7) is 0.413. The third kappa shape index (κ3) is 9.43. The minimum atomic E-state index is -0.943. The Hall–Kier alpha value is -7.40. The number of imidazole rings is 2. The molecule has 16 nitrogen and oxygen atoms in total. The van der Waals surface area contributed by atoms with Crippen LogP contribution in [-0.4, -0.2) is 81.2 Å². The Bertz CT molecular complexity index is 2830. The van der Waals surface area contributed by atoms with Gasteiger partial charge in [0.1, 0.15) is 34.9 Å². The molecular formula is C46H44N8O8S. The lowest BCUT2D eigenvalue weighted by molar-refractivity contribution is -0.134. The summed E-state index contributed by atoms with van der Waals surface area (Å²) in [7, 11) is 2.50. The van der Waals surface area contributed by atoms with Crippen molar-refractivity contribution in [2.45, 2.75) is 37.4 Å². The minimum absolute atomic E-state index is 0.179. The van der Waals surface area contributed by atoms with Crippen LogP contribution in [0.4, 0.5) is 9.59 Å². The largest absolute Gasteiger partial charge is 0.456 e. The molecule has 0 spiro atoms. The summed E-state index contributed by atoms with van der Waals surface area (Å²) in [5, 5.41) is 9.00. The number of benzene rings is 4. The predicted molar refractivity (Wildman–Crippen MR) is 237 cm³/mol. The third-order valence-electron chi connectivity index (χ3n) is 10.8. The van der Waals surface area contributed by atoms with E-state index in [0.29, 0.717) is 75.6 Å². The number of rotatable bonds is 14. The van der Waals surface area contributed by atoms with Gasteiger partial charge in [0.05, 0.1) is 60.7 Å². The summed E-state index contributed by atoms with van der Waals surface area (Å²) in [6, 6.07) is 26.6. The van der Waals surface area contributed by atoms with Crippen LogP contribution in [0.5, 0.6) is 0 Å². The van der Waals surface area contributed by atoms with Crippen molar-refractivity contribution in [2.24, 2.45) is 0 Å². The summed E-state index contributed by atoms with van der Waals surface area (Å²) < 4.78 is 15.8. The fourth-order valence-electron chi connectivity index (χ4n) is 7.49. The minimum Gasteiger partial charge on any atom is -0.456 e. The highest BCUT2D eigenvalue weighted by atomic mass is 32.2. The number of nitrogens with zero attached hydrogens (tertiary/aromatic N) is 3. The number of fused-ring (bicyclic) bond motifs is 2. The monoisotopic (exact) mass is 868 g/mol. The molecule has 3 atom stereocenters. The normalized spacial score (nSPS) is 14.6. The van der Waals surface area contributed by atoms with Crippen molar-refractivity contribution in [1.82, 2.24) is 40.8 Å². The van der Waals surface area contributed by atoms with Gasteiger partial charge in [0.15, 0.2) is 0 Å². The van der Waals surface area contributed by atoms with Gasteiger partial charge in [0.2, 0.25) is 11.3 Å². The Labute approximate surface area is 365 Å². The molecule has 4 amide bonds. The van der Waals surface area contributed by atoms with Gasteiger partial charge in [-0.15, -0.1) is 11.8 Å². The van der Waals surface area contributed by atoms with Gasteiger partial charge in [-0.1, -0.05) is 66.7 Å². The first kappa shape index (κ1) is 42.3. The predicted octanol–water partition coefficient (Wildman–Crippen LogP) is 6.93. The number of methoxy groups -OCH3 is 2. The van der Waals surface area contributed by atoms with Gasteiger partial charge < -0.3 is 44.7 Å². The zero-order valence-corrected chi connectivity index (χ0v) is 35.2. The maximum atomic E-state index is 13.9. The summed E-state index contributed by atoms with van der Waals surface area (Å²) in [6.07, 6.45) is 4.10. The van der Waals surface area contributed by atoms with E-state index >= 15 is 0 Å². The van der Waals surface area contributed by atoms with Crippen molar-refractivity contribution in [2.75, 3.05) is 32.4 Å². The molecule has 3 aromatic heterocycles. The number of nitrogens with one attached hydrogen (secondary N) is 5. The third-order valence-corrected chi connectivity index (χ3v) is 11.8. The van der Waals surface area contributed by atoms with Crippen LogP contribution in [0.1, 0.15) is 53.7 Å². The number of ether oxygens (including phenoxy) is 2. The molecule has 3 unspecified atom stereocenters. The number of amides is 4. The number of hydrogen-bond acceptors (Lipinski definition) is 11. The lowest BCUT2D eigenvalue weighted by atomic mass is 10.0. The van der Waals surface area contributed by atoms with Crippen molar-refractivity contribution in [3.63, 3.8) is 0 Å². The number of carbonyl (C=O) groups excluding carboxylic acids is 4. The lowest BCUT2D eigenvalue weighted by Gasteiger charge is -2.27. The van der Waals surface area contributed by atoms with Gasteiger partial charge in [-0.25, -0.2) is 19.6 Å². The lowest BCUT2D eigenvalue weighted by Crippen LogP contribution is -2.43. The molecule has 0 aliphatic carbocycles. The van der Waals surface area contributed by atoms with Crippen molar-refractivity contribution < 1.29 is 33.1 Å². The molecular weight excluding hydrogens is 825 g/mol. The number of aromatic nitrogens is 4. The van der Waals surface area contributed by atoms with E-state index in [1.54, 1.807) is 95.8 Å². The van der Waals surface area contributed by atoms with Crippen LogP contribution >= 0.6 is 11.8 Å². The molecule has 5 N–H and O–H groups in total. The zero-order valence-electron chi connectivity index (χ0n) is 34.4. The number of thioether (sulfide) groups is 1. The standard InChI is InChI=1S/C46H44N8O8S/c1-60-45(58)52-39(27-11-5-3-6-12-27)43(56)47-20-10-9-15-38-48-23-33(50-38)30-16-18-31-37(22-30)62-36-19-17-29(21-32(36)41(31)55)34-24-49-42(51-34)35-25-63-26-54(35)44(57)40(53-46(59)61-2)28-13-7-4-8-14-28/h3-8,11-14,16-19,21-24,35,39-40H,9-10,15,20,25-26H2,1-2H3,(H,47,56)(H,48,50)(H,49,51)(H,52,58)(H,53,59). The average molecular weight is 869 g/mol. The molecule has 1 fully saturated rings. The van der Waals surface area contributed by atoms with Crippen molar-refractivity contribution in [3.8, 4) is 22.5 Å². The van der Waals surface area contributed by atoms with Gasteiger partial charge in [-0.05, 0) is 54.3 Å². The number of aryl methyl sites for hydroxylation is 1. The van der Waals surface area contributed by atoms with Crippen molar-refractivity contribution >= 4 is 57.7 Å². The average Bonchev–Trinajstić information content (AvgIpc) is 4.12. The molecule has 8 rings (SSSR count). The van der Waals surface area contributed by atoms with Crippen molar-refractivity contribution in [3.05, 3.63) is 142 Å².